The van der Waals surface area contributed by atoms with Crippen molar-refractivity contribution in [2.75, 3.05) is 21.3 Å². The van der Waals surface area contributed by atoms with Gasteiger partial charge < -0.3 is 14.2 Å². The number of hydrogen-bond donors (Lipinski definition) is 2. The van der Waals surface area contributed by atoms with Gasteiger partial charge in [-0.1, -0.05) is 0 Å². The van der Waals surface area contributed by atoms with Crippen molar-refractivity contribution < 1.29 is 28.6 Å². The minimum atomic E-state index is -1.35. The van der Waals surface area contributed by atoms with E-state index < -0.39 is 24.3 Å². The smallest absolute Gasteiger partial charge is 0.408 e. The minimum absolute atomic E-state index is 0.856. The molecule has 0 heterocycles. The van der Waals surface area contributed by atoms with Crippen LogP contribution in [0.4, 0.5) is 9.59 Å². The molecule has 0 spiro atoms. The van der Waals surface area contributed by atoms with Gasteiger partial charge >= 0.3 is 18.2 Å². The monoisotopic (exact) mass is 220 g/mol. The van der Waals surface area contributed by atoms with Gasteiger partial charge in [-0.25, -0.2) is 14.4 Å². The fourth-order valence-corrected chi connectivity index (χ4v) is 0.625. The number of amides is 2. The summed E-state index contributed by atoms with van der Waals surface area (Å²) in [7, 11) is 3.33. The molecule has 86 valence electrons. The second-order valence-electron chi connectivity index (χ2n) is 2.23. The van der Waals surface area contributed by atoms with E-state index in [9.17, 15) is 14.4 Å². The Hall–Kier alpha value is -1.99. The average molecular weight is 220 g/mol. The molecule has 15 heavy (non-hydrogen) atoms. The van der Waals surface area contributed by atoms with E-state index in [1.54, 1.807) is 0 Å². The van der Waals surface area contributed by atoms with E-state index in [1.807, 2.05) is 10.6 Å². The third-order valence-corrected chi connectivity index (χ3v) is 1.33. The van der Waals surface area contributed by atoms with Crippen LogP contribution in [-0.2, 0) is 19.0 Å². The topological polar surface area (TPSA) is 103 Å². The molecule has 0 aliphatic rings. The predicted octanol–water partition coefficient (Wildman–Crippen LogP) is -0.802. The molecule has 0 aromatic heterocycles. The van der Waals surface area contributed by atoms with Crippen molar-refractivity contribution >= 4 is 18.2 Å². The van der Waals surface area contributed by atoms with Crippen LogP contribution < -0.4 is 10.6 Å². The van der Waals surface area contributed by atoms with Gasteiger partial charge in [0.05, 0.1) is 21.3 Å². The number of ether oxygens (including phenoxy) is 3. The molecular formula is C7H12N2O6. The Balaban J connectivity index is 4.37. The Morgan fingerprint density at radius 2 is 1.27 bits per heavy atom. The van der Waals surface area contributed by atoms with Gasteiger partial charge in [0.25, 0.3) is 0 Å². The van der Waals surface area contributed by atoms with Crippen LogP contribution >= 0.6 is 0 Å². The second-order valence-corrected chi connectivity index (χ2v) is 2.23. The summed E-state index contributed by atoms with van der Waals surface area (Å²) in [6.07, 6.45) is -3.13. The third kappa shape index (κ3) is 4.69. The first-order chi connectivity index (χ1) is 7.04. The molecular weight excluding hydrogens is 208 g/mol. The molecule has 2 N–H and O–H groups in total. The molecule has 0 aliphatic heterocycles. The van der Waals surface area contributed by atoms with E-state index in [2.05, 4.69) is 14.2 Å². The molecule has 2 amide bonds. The van der Waals surface area contributed by atoms with Crippen LogP contribution in [0.2, 0.25) is 0 Å². The highest BCUT2D eigenvalue weighted by atomic mass is 16.6. The van der Waals surface area contributed by atoms with Gasteiger partial charge in [0.2, 0.25) is 6.17 Å². The maximum absolute atomic E-state index is 11.1. The van der Waals surface area contributed by atoms with Crippen LogP contribution in [0.5, 0.6) is 0 Å². The Bertz CT molecular complexity index is 236. The van der Waals surface area contributed by atoms with Crippen LogP contribution in [-0.4, -0.2) is 45.7 Å². The summed E-state index contributed by atoms with van der Waals surface area (Å²) in [5, 5.41) is 4.07. The van der Waals surface area contributed by atoms with Crippen molar-refractivity contribution in [3.8, 4) is 0 Å². The molecule has 8 heteroatoms. The summed E-state index contributed by atoms with van der Waals surface area (Å²) >= 11 is 0. The summed E-state index contributed by atoms with van der Waals surface area (Å²) in [6.45, 7) is 0. The van der Waals surface area contributed by atoms with Crippen molar-refractivity contribution in [3.05, 3.63) is 0 Å². The number of alkyl carbamates (subject to hydrolysis) is 2. The van der Waals surface area contributed by atoms with E-state index in [1.165, 1.54) is 0 Å². The molecule has 8 nitrogen and oxygen atoms in total. The lowest BCUT2D eigenvalue weighted by Gasteiger charge is -2.15. The Kier molecular flexibility index (Phi) is 5.60. The Labute approximate surface area is 85.9 Å². The zero-order chi connectivity index (χ0) is 11.8. The highest BCUT2D eigenvalue weighted by Crippen LogP contribution is 1.87. The van der Waals surface area contributed by atoms with Gasteiger partial charge in [0.15, 0.2) is 0 Å². The highest BCUT2D eigenvalue weighted by Gasteiger charge is 2.23. The Morgan fingerprint density at radius 1 is 0.867 bits per heavy atom. The predicted molar refractivity (Wildman–Crippen MR) is 46.9 cm³/mol. The molecule has 0 aromatic rings. The van der Waals surface area contributed by atoms with Crippen LogP contribution in [0, 0.1) is 0 Å². The minimum Gasteiger partial charge on any atom is -0.466 e. The highest BCUT2D eigenvalue weighted by molar-refractivity contribution is 5.84. The Morgan fingerprint density at radius 3 is 1.53 bits per heavy atom. The number of rotatable bonds is 3. The van der Waals surface area contributed by atoms with Crippen LogP contribution in [0.15, 0.2) is 0 Å². The van der Waals surface area contributed by atoms with E-state index in [0.717, 1.165) is 21.3 Å². The van der Waals surface area contributed by atoms with E-state index in [0.29, 0.717) is 0 Å². The first kappa shape index (κ1) is 13.0. The van der Waals surface area contributed by atoms with Crippen molar-refractivity contribution in [3.63, 3.8) is 0 Å². The van der Waals surface area contributed by atoms with Crippen molar-refractivity contribution in [2.45, 2.75) is 6.17 Å². The molecule has 0 rings (SSSR count). The first-order valence-corrected chi connectivity index (χ1v) is 3.82. The van der Waals surface area contributed by atoms with Gasteiger partial charge in [0.1, 0.15) is 0 Å². The molecule has 0 saturated carbocycles. The van der Waals surface area contributed by atoms with Gasteiger partial charge in [-0.15, -0.1) is 0 Å². The number of methoxy groups -OCH3 is 3. The molecule has 0 aliphatic carbocycles. The zero-order valence-electron chi connectivity index (χ0n) is 8.53. The van der Waals surface area contributed by atoms with Crippen LogP contribution in [0.25, 0.3) is 0 Å². The number of carbonyl (C=O) groups excluding carboxylic acids is 3. The maximum atomic E-state index is 11.1. The van der Waals surface area contributed by atoms with Crippen LogP contribution in [0.3, 0.4) is 0 Å². The third-order valence-electron chi connectivity index (χ3n) is 1.33. The van der Waals surface area contributed by atoms with Gasteiger partial charge in [-0.3, -0.25) is 10.6 Å². The van der Waals surface area contributed by atoms with Gasteiger partial charge in [0, 0.05) is 0 Å². The normalized spacial score (nSPS) is 9.07. The first-order valence-electron chi connectivity index (χ1n) is 3.82. The summed E-state index contributed by atoms with van der Waals surface area (Å²) < 4.78 is 12.8. The van der Waals surface area contributed by atoms with E-state index in [-0.39, 0.29) is 0 Å². The number of nitrogens with one attached hydrogen (secondary N) is 2. The van der Waals surface area contributed by atoms with Gasteiger partial charge in [-0.2, -0.15) is 0 Å². The maximum Gasteiger partial charge on any atom is 0.408 e. The molecule has 0 fully saturated rings. The fraction of sp³-hybridized carbons (Fsp3) is 0.571. The van der Waals surface area contributed by atoms with Crippen molar-refractivity contribution in [2.24, 2.45) is 0 Å². The standard InChI is InChI=1S/C7H12N2O6/c1-13-5(10)4(8-6(11)14-2)9-7(12)15-3/h4H,1-3H3,(H,8,11)(H,9,12). The molecule has 0 radical (unpaired) electrons. The summed E-state index contributed by atoms with van der Waals surface area (Å²) in [4.78, 5) is 32.6. The van der Waals surface area contributed by atoms with Gasteiger partial charge in [-0.05, 0) is 0 Å². The lowest BCUT2D eigenvalue weighted by molar-refractivity contribution is -0.143. The lowest BCUT2D eigenvalue weighted by Crippen LogP contribution is -2.53. The van der Waals surface area contributed by atoms with E-state index >= 15 is 0 Å². The fourth-order valence-electron chi connectivity index (χ4n) is 0.625. The van der Waals surface area contributed by atoms with E-state index in [4.69, 9.17) is 0 Å². The quantitative estimate of drug-likeness (QED) is 0.366. The summed E-state index contributed by atoms with van der Waals surface area (Å²) in [5.41, 5.74) is 0. The van der Waals surface area contributed by atoms with Crippen molar-refractivity contribution in [1.29, 1.82) is 0 Å². The molecule has 0 atom stereocenters. The number of carbonyl (C=O) groups is 3. The summed E-state index contributed by atoms with van der Waals surface area (Å²) in [6, 6.07) is 0. The van der Waals surface area contributed by atoms with Crippen molar-refractivity contribution in [1.82, 2.24) is 10.6 Å². The average Bonchev–Trinajstić information content (AvgIpc) is 2.26. The number of esters is 1. The molecule has 0 unspecified atom stereocenters. The lowest BCUT2D eigenvalue weighted by atomic mass is 10.5. The van der Waals surface area contributed by atoms with Crippen LogP contribution in [0.1, 0.15) is 0 Å². The zero-order valence-corrected chi connectivity index (χ0v) is 8.53. The largest absolute Gasteiger partial charge is 0.466 e. The number of hydrogen-bond acceptors (Lipinski definition) is 6. The second kappa shape index (κ2) is 6.46. The molecule has 0 aromatic carbocycles. The summed E-state index contributed by atoms with van der Waals surface area (Å²) in [5.74, 6) is -0.856. The SMILES string of the molecule is COC(=O)NC(NC(=O)OC)C(=O)OC. The molecule has 0 bridgehead atoms. The molecule has 0 saturated heterocycles.